The molecule has 0 aliphatic carbocycles. The topological polar surface area (TPSA) is 71.1 Å². The largest absolute Gasteiger partial charge is 0.322 e. The molecule has 0 atom stereocenters. The third kappa shape index (κ3) is 4.37. The molecule has 28 heavy (non-hydrogen) atoms. The average molecular weight is 381 g/mol. The standard InChI is InChI=1S/C21H17F2N3O2/c1-12-3-4-13(2)18(9-12)26-20(27)14-7-8-24-19(10-14)21(28)25-15-5-6-16(22)17(23)11-15/h3-11H,1-2H3,(H,25,28)(H,26,27). The van der Waals surface area contributed by atoms with Crippen LogP contribution in [0.25, 0.3) is 0 Å². The Hall–Kier alpha value is -3.61. The molecule has 0 spiro atoms. The maximum Gasteiger partial charge on any atom is 0.274 e. The van der Waals surface area contributed by atoms with Gasteiger partial charge < -0.3 is 10.6 Å². The van der Waals surface area contributed by atoms with Crippen LogP contribution in [0, 0.1) is 25.5 Å². The van der Waals surface area contributed by atoms with E-state index in [2.05, 4.69) is 15.6 Å². The number of carbonyl (C=O) groups is 2. The van der Waals surface area contributed by atoms with E-state index >= 15 is 0 Å². The minimum absolute atomic E-state index is 0.0293. The number of nitrogens with one attached hydrogen (secondary N) is 2. The molecule has 2 amide bonds. The van der Waals surface area contributed by atoms with Crippen molar-refractivity contribution in [3.63, 3.8) is 0 Å². The number of aryl methyl sites for hydroxylation is 2. The van der Waals surface area contributed by atoms with Gasteiger partial charge in [-0.2, -0.15) is 0 Å². The van der Waals surface area contributed by atoms with Crippen LogP contribution >= 0.6 is 0 Å². The summed E-state index contributed by atoms with van der Waals surface area (Å²) in [6, 6.07) is 11.5. The Morgan fingerprint density at radius 2 is 1.64 bits per heavy atom. The van der Waals surface area contributed by atoms with Gasteiger partial charge in [0.2, 0.25) is 0 Å². The van der Waals surface area contributed by atoms with Crippen molar-refractivity contribution in [1.29, 1.82) is 0 Å². The predicted molar refractivity (Wildman–Crippen MR) is 102 cm³/mol. The number of hydrogen-bond acceptors (Lipinski definition) is 3. The van der Waals surface area contributed by atoms with Crippen molar-refractivity contribution in [2.45, 2.75) is 13.8 Å². The summed E-state index contributed by atoms with van der Waals surface area (Å²) in [7, 11) is 0. The number of amides is 2. The second kappa shape index (κ2) is 7.96. The van der Waals surface area contributed by atoms with E-state index in [1.807, 2.05) is 32.0 Å². The highest BCUT2D eigenvalue weighted by atomic mass is 19.2. The molecule has 0 radical (unpaired) electrons. The lowest BCUT2D eigenvalue weighted by molar-refractivity contribution is 0.102. The molecule has 2 aromatic carbocycles. The van der Waals surface area contributed by atoms with Gasteiger partial charge in [-0.15, -0.1) is 0 Å². The van der Waals surface area contributed by atoms with Crippen LogP contribution < -0.4 is 10.6 Å². The number of benzene rings is 2. The zero-order valence-corrected chi connectivity index (χ0v) is 15.2. The molecule has 0 saturated carbocycles. The second-order valence-corrected chi connectivity index (χ2v) is 6.29. The molecular formula is C21H17F2N3O2. The summed E-state index contributed by atoms with van der Waals surface area (Å²) in [4.78, 5) is 28.8. The molecule has 1 heterocycles. The summed E-state index contributed by atoms with van der Waals surface area (Å²) >= 11 is 0. The van der Waals surface area contributed by atoms with Gasteiger partial charge >= 0.3 is 0 Å². The number of aromatic nitrogens is 1. The summed E-state index contributed by atoms with van der Waals surface area (Å²) in [5.41, 5.74) is 2.88. The Bertz CT molecular complexity index is 1070. The van der Waals surface area contributed by atoms with Gasteiger partial charge in [0.25, 0.3) is 11.8 Å². The quantitative estimate of drug-likeness (QED) is 0.700. The Kier molecular flexibility index (Phi) is 5.44. The number of carbonyl (C=O) groups excluding carboxylic acids is 2. The average Bonchev–Trinajstić information content (AvgIpc) is 2.67. The van der Waals surface area contributed by atoms with Crippen LogP contribution in [0.1, 0.15) is 32.0 Å². The molecule has 5 nitrogen and oxygen atoms in total. The smallest absolute Gasteiger partial charge is 0.274 e. The fourth-order valence-corrected chi connectivity index (χ4v) is 2.53. The van der Waals surface area contributed by atoms with E-state index in [4.69, 9.17) is 0 Å². The summed E-state index contributed by atoms with van der Waals surface area (Å²) in [6.07, 6.45) is 1.33. The van der Waals surface area contributed by atoms with Gasteiger partial charge in [0.1, 0.15) is 5.69 Å². The number of anilines is 2. The van der Waals surface area contributed by atoms with Crippen molar-refractivity contribution in [3.05, 3.63) is 88.7 Å². The summed E-state index contributed by atoms with van der Waals surface area (Å²) < 4.78 is 26.3. The molecule has 0 bridgehead atoms. The van der Waals surface area contributed by atoms with Gasteiger partial charge in [0.05, 0.1) is 0 Å². The number of rotatable bonds is 4. The first kappa shape index (κ1) is 19.2. The summed E-state index contributed by atoms with van der Waals surface area (Å²) in [6.45, 7) is 3.80. The number of pyridine rings is 1. The van der Waals surface area contributed by atoms with E-state index in [0.29, 0.717) is 5.69 Å². The molecule has 0 aliphatic rings. The molecule has 0 aliphatic heterocycles. The van der Waals surface area contributed by atoms with Crippen LogP contribution in [-0.4, -0.2) is 16.8 Å². The van der Waals surface area contributed by atoms with Gasteiger partial charge in [0, 0.05) is 29.2 Å². The van der Waals surface area contributed by atoms with Crippen molar-refractivity contribution in [1.82, 2.24) is 4.98 Å². The number of halogens is 2. The van der Waals surface area contributed by atoms with Crippen LogP contribution in [0.5, 0.6) is 0 Å². The van der Waals surface area contributed by atoms with Gasteiger partial charge in [0.15, 0.2) is 11.6 Å². The molecule has 142 valence electrons. The van der Waals surface area contributed by atoms with Gasteiger partial charge in [-0.1, -0.05) is 12.1 Å². The Balaban J connectivity index is 1.77. The maximum absolute atomic E-state index is 13.3. The summed E-state index contributed by atoms with van der Waals surface area (Å²) in [5, 5.41) is 5.23. The molecule has 0 unspecified atom stereocenters. The SMILES string of the molecule is Cc1ccc(C)c(NC(=O)c2ccnc(C(=O)Nc3ccc(F)c(F)c3)c2)c1. The molecule has 1 aromatic heterocycles. The summed E-state index contributed by atoms with van der Waals surface area (Å²) in [5.74, 6) is -3.13. The first-order valence-corrected chi connectivity index (χ1v) is 8.44. The predicted octanol–water partition coefficient (Wildman–Crippen LogP) is 4.48. The lowest BCUT2D eigenvalue weighted by atomic mass is 10.1. The van der Waals surface area contributed by atoms with Crippen LogP contribution in [0.4, 0.5) is 20.2 Å². The molecule has 0 fully saturated rings. The van der Waals surface area contributed by atoms with Crippen molar-refractivity contribution in [2.24, 2.45) is 0 Å². The lowest BCUT2D eigenvalue weighted by Gasteiger charge is -2.10. The highest BCUT2D eigenvalue weighted by molar-refractivity contribution is 6.08. The number of nitrogens with zero attached hydrogens (tertiary/aromatic N) is 1. The van der Waals surface area contributed by atoms with Crippen molar-refractivity contribution in [3.8, 4) is 0 Å². The van der Waals surface area contributed by atoms with Gasteiger partial charge in [-0.3, -0.25) is 14.6 Å². The fourth-order valence-electron chi connectivity index (χ4n) is 2.53. The first-order chi connectivity index (χ1) is 13.3. The first-order valence-electron chi connectivity index (χ1n) is 8.44. The molecule has 2 N–H and O–H groups in total. The zero-order chi connectivity index (χ0) is 20.3. The molecule has 3 aromatic rings. The van der Waals surface area contributed by atoms with Crippen LogP contribution in [0.2, 0.25) is 0 Å². The minimum Gasteiger partial charge on any atom is -0.322 e. The monoisotopic (exact) mass is 381 g/mol. The zero-order valence-electron chi connectivity index (χ0n) is 15.2. The van der Waals surface area contributed by atoms with E-state index in [1.54, 1.807) is 0 Å². The van der Waals surface area contributed by atoms with Gasteiger partial charge in [-0.25, -0.2) is 8.78 Å². The van der Waals surface area contributed by atoms with Crippen LogP contribution in [0.3, 0.4) is 0 Å². The van der Waals surface area contributed by atoms with E-state index in [0.717, 1.165) is 23.3 Å². The van der Waals surface area contributed by atoms with E-state index in [-0.39, 0.29) is 16.9 Å². The molecule has 7 heteroatoms. The van der Waals surface area contributed by atoms with E-state index in [1.165, 1.54) is 24.4 Å². The molecular weight excluding hydrogens is 364 g/mol. The van der Waals surface area contributed by atoms with Crippen molar-refractivity contribution < 1.29 is 18.4 Å². The third-order valence-corrected chi connectivity index (χ3v) is 4.07. The molecule has 3 rings (SSSR count). The van der Waals surface area contributed by atoms with E-state index < -0.39 is 23.4 Å². The Morgan fingerprint density at radius 3 is 2.39 bits per heavy atom. The molecule has 0 saturated heterocycles. The van der Waals surface area contributed by atoms with Crippen LogP contribution in [-0.2, 0) is 0 Å². The Labute approximate surface area is 160 Å². The highest BCUT2D eigenvalue weighted by Gasteiger charge is 2.14. The van der Waals surface area contributed by atoms with Gasteiger partial charge in [-0.05, 0) is 55.3 Å². The number of hydrogen-bond donors (Lipinski definition) is 2. The van der Waals surface area contributed by atoms with E-state index in [9.17, 15) is 18.4 Å². The third-order valence-electron chi connectivity index (χ3n) is 4.07. The van der Waals surface area contributed by atoms with Crippen molar-refractivity contribution >= 4 is 23.2 Å². The second-order valence-electron chi connectivity index (χ2n) is 6.29. The van der Waals surface area contributed by atoms with Crippen molar-refractivity contribution in [2.75, 3.05) is 10.6 Å². The fraction of sp³-hybridized carbons (Fsp3) is 0.0952. The maximum atomic E-state index is 13.3. The minimum atomic E-state index is -1.08. The van der Waals surface area contributed by atoms with Crippen LogP contribution in [0.15, 0.2) is 54.7 Å². The Morgan fingerprint density at radius 1 is 0.857 bits per heavy atom. The highest BCUT2D eigenvalue weighted by Crippen LogP contribution is 2.18. The lowest BCUT2D eigenvalue weighted by Crippen LogP contribution is -2.17. The normalized spacial score (nSPS) is 10.4.